The molecule has 0 N–H and O–H groups in total. The van der Waals surface area contributed by atoms with Gasteiger partial charge in [-0.15, -0.1) is 0 Å². The second kappa shape index (κ2) is 6.77. The number of alkyl halides is 3. The van der Waals surface area contributed by atoms with Crippen molar-refractivity contribution in [2.24, 2.45) is 0 Å². The molecule has 0 aliphatic carbocycles. The zero-order valence-electron chi connectivity index (χ0n) is 12.6. The summed E-state index contributed by atoms with van der Waals surface area (Å²) in [6.07, 6.45) is -0.738. The van der Waals surface area contributed by atoms with Crippen LogP contribution in [0, 0.1) is 0 Å². The van der Waals surface area contributed by atoms with E-state index in [0.717, 1.165) is 6.20 Å². The average Bonchev–Trinajstić information content (AvgIpc) is 3.01. The fourth-order valence-electron chi connectivity index (χ4n) is 2.30. The van der Waals surface area contributed by atoms with E-state index in [9.17, 15) is 21.9 Å². The van der Waals surface area contributed by atoms with Crippen LogP contribution in [-0.4, -0.2) is 23.3 Å². The van der Waals surface area contributed by atoms with Gasteiger partial charge in [-0.1, -0.05) is 23.2 Å². The molecular weight excluding hydrogens is 355 g/mol. The molecule has 2 heterocycles. The Hall–Kier alpha value is -2.52. The smallest absolute Gasteiger partial charge is 0.434 e. The molecule has 0 radical (unpaired) electrons. The zero-order chi connectivity index (χ0) is 18.0. The van der Waals surface area contributed by atoms with E-state index in [1.165, 1.54) is 17.0 Å². The van der Waals surface area contributed by atoms with Crippen molar-refractivity contribution < 1.29 is 21.9 Å². The zero-order valence-corrected chi connectivity index (χ0v) is 13.4. The van der Waals surface area contributed by atoms with Gasteiger partial charge in [-0.3, -0.25) is 13.8 Å². The molecule has 130 valence electrons. The lowest BCUT2D eigenvalue weighted by molar-refractivity contribution is -0.140. The Morgan fingerprint density at radius 3 is 2.44 bits per heavy atom. The lowest BCUT2D eigenvalue weighted by Gasteiger charge is -2.09. The lowest BCUT2D eigenvalue weighted by Crippen LogP contribution is -2.05. The summed E-state index contributed by atoms with van der Waals surface area (Å²) in [6, 6.07) is 9.40. The van der Waals surface area contributed by atoms with Crippen LogP contribution >= 0.6 is 0 Å². The van der Waals surface area contributed by atoms with Crippen molar-refractivity contribution in [3.63, 3.8) is 0 Å². The van der Waals surface area contributed by atoms with Crippen LogP contribution in [0.2, 0.25) is 0 Å². The molecule has 1 atom stereocenters. The predicted molar refractivity (Wildman–Crippen MR) is 84.4 cm³/mol. The van der Waals surface area contributed by atoms with E-state index in [-0.39, 0.29) is 11.6 Å². The van der Waals surface area contributed by atoms with Crippen LogP contribution in [0.3, 0.4) is 0 Å². The minimum Gasteiger partial charge on any atom is -0.772 e. The maximum Gasteiger partial charge on any atom is 0.434 e. The fraction of sp³-hybridized carbons (Fsp3) is 0.125. The summed E-state index contributed by atoms with van der Waals surface area (Å²) < 4.78 is 61.9. The van der Waals surface area contributed by atoms with Gasteiger partial charge in [0, 0.05) is 35.6 Å². The summed E-state index contributed by atoms with van der Waals surface area (Å²) in [7, 11) is 0. The average molecular weight is 366 g/mol. The Labute approximate surface area is 143 Å². The first-order chi connectivity index (χ1) is 11.8. The summed E-state index contributed by atoms with van der Waals surface area (Å²) in [4.78, 5) is 7.61. The number of benzene rings is 1. The number of hydrogen-bond acceptors (Lipinski definition) is 4. The van der Waals surface area contributed by atoms with Crippen LogP contribution in [0.15, 0.2) is 55.0 Å². The van der Waals surface area contributed by atoms with E-state index in [1.54, 1.807) is 36.4 Å². The summed E-state index contributed by atoms with van der Waals surface area (Å²) in [6.45, 7) is 0. The molecule has 0 spiro atoms. The number of hydrogen-bond donors (Lipinski definition) is 0. The van der Waals surface area contributed by atoms with Crippen molar-refractivity contribution in [3.05, 3.63) is 66.2 Å². The SMILES string of the molecule is O=S([O-])Cc1ccc(-n2cc(C(F)(F)F)nc2-c2cccnc2)cc1. The normalized spacial score (nSPS) is 13.0. The number of imidazole rings is 1. The molecule has 0 bridgehead atoms. The second-order valence-electron chi connectivity index (χ2n) is 5.17. The second-order valence-corrected chi connectivity index (χ2v) is 6.07. The highest BCUT2D eigenvalue weighted by molar-refractivity contribution is 7.78. The van der Waals surface area contributed by atoms with Crippen LogP contribution in [-0.2, 0) is 23.0 Å². The van der Waals surface area contributed by atoms with Crippen molar-refractivity contribution in [2.45, 2.75) is 11.9 Å². The molecule has 1 unspecified atom stereocenters. The van der Waals surface area contributed by atoms with Gasteiger partial charge in [0.2, 0.25) is 0 Å². The van der Waals surface area contributed by atoms with Crippen LogP contribution < -0.4 is 0 Å². The fourth-order valence-corrected chi connectivity index (χ4v) is 2.77. The largest absolute Gasteiger partial charge is 0.772 e. The van der Waals surface area contributed by atoms with Gasteiger partial charge in [0.05, 0.1) is 0 Å². The number of pyridine rings is 1. The molecule has 0 aliphatic rings. The lowest BCUT2D eigenvalue weighted by atomic mass is 10.2. The first kappa shape index (κ1) is 17.3. The maximum absolute atomic E-state index is 13.1. The van der Waals surface area contributed by atoms with Crippen LogP contribution in [0.1, 0.15) is 11.3 Å². The third kappa shape index (κ3) is 3.94. The molecule has 5 nitrogen and oxygen atoms in total. The first-order valence-electron chi connectivity index (χ1n) is 7.07. The van der Waals surface area contributed by atoms with Gasteiger partial charge in [0.15, 0.2) is 5.69 Å². The van der Waals surface area contributed by atoms with Crippen molar-refractivity contribution in [1.82, 2.24) is 14.5 Å². The molecule has 9 heteroatoms. The van der Waals surface area contributed by atoms with E-state index in [2.05, 4.69) is 9.97 Å². The van der Waals surface area contributed by atoms with Crippen molar-refractivity contribution >= 4 is 11.1 Å². The third-order valence-electron chi connectivity index (χ3n) is 3.42. The van der Waals surface area contributed by atoms with E-state index in [0.29, 0.717) is 16.8 Å². The van der Waals surface area contributed by atoms with Gasteiger partial charge in [-0.25, -0.2) is 4.98 Å². The third-order valence-corrected chi connectivity index (χ3v) is 3.98. The van der Waals surface area contributed by atoms with Crippen molar-refractivity contribution in [3.8, 4) is 17.1 Å². The van der Waals surface area contributed by atoms with Crippen LogP contribution in [0.25, 0.3) is 17.1 Å². The number of rotatable bonds is 4. The molecule has 25 heavy (non-hydrogen) atoms. The van der Waals surface area contributed by atoms with E-state index in [1.807, 2.05) is 0 Å². The van der Waals surface area contributed by atoms with Crippen LogP contribution in [0.5, 0.6) is 0 Å². The first-order valence-corrected chi connectivity index (χ1v) is 8.31. The predicted octanol–water partition coefficient (Wildman–Crippen LogP) is 3.33. The number of halogens is 3. The Morgan fingerprint density at radius 1 is 1.16 bits per heavy atom. The highest BCUT2D eigenvalue weighted by Gasteiger charge is 2.35. The quantitative estimate of drug-likeness (QED) is 0.664. The Kier molecular flexibility index (Phi) is 4.69. The van der Waals surface area contributed by atoms with Gasteiger partial charge < -0.3 is 4.55 Å². The molecule has 3 rings (SSSR count). The molecule has 3 aromatic rings. The van der Waals surface area contributed by atoms with Crippen LogP contribution in [0.4, 0.5) is 13.2 Å². The summed E-state index contributed by atoms with van der Waals surface area (Å²) >= 11 is -2.24. The molecule has 0 saturated heterocycles. The van der Waals surface area contributed by atoms with Crippen molar-refractivity contribution in [1.29, 1.82) is 0 Å². The van der Waals surface area contributed by atoms with Gasteiger partial charge in [0.25, 0.3) is 0 Å². The van der Waals surface area contributed by atoms with Gasteiger partial charge in [-0.2, -0.15) is 13.2 Å². The highest BCUT2D eigenvalue weighted by Crippen LogP contribution is 2.32. The number of aromatic nitrogens is 3. The Morgan fingerprint density at radius 2 is 1.88 bits per heavy atom. The Bertz CT molecular complexity index is 893. The molecule has 0 amide bonds. The molecule has 1 aromatic carbocycles. The van der Waals surface area contributed by atoms with E-state index >= 15 is 0 Å². The highest BCUT2D eigenvalue weighted by atomic mass is 32.2. The maximum atomic E-state index is 13.1. The van der Waals surface area contributed by atoms with Gasteiger partial charge in [-0.05, 0) is 29.8 Å². The minimum atomic E-state index is -4.58. The monoisotopic (exact) mass is 366 g/mol. The molecular formula is C16H11F3N3O2S-. The molecule has 0 aliphatic heterocycles. The van der Waals surface area contributed by atoms with Crippen molar-refractivity contribution in [2.75, 3.05) is 0 Å². The summed E-state index contributed by atoms with van der Waals surface area (Å²) in [5.41, 5.74) is 0.386. The standard InChI is InChI=1S/C16H12F3N3O2S/c17-16(18,19)14-9-22(15(21-14)12-2-1-7-20-8-12)13-5-3-11(4-6-13)10-25(23)24/h1-9H,10H2,(H,23,24)/p-1. The summed E-state index contributed by atoms with van der Waals surface area (Å²) in [5.74, 6) is -0.0615. The molecule has 0 saturated carbocycles. The summed E-state index contributed by atoms with van der Waals surface area (Å²) in [5, 5.41) is 0. The Balaban J connectivity index is 2.08. The van der Waals surface area contributed by atoms with E-state index < -0.39 is 23.0 Å². The van der Waals surface area contributed by atoms with E-state index in [4.69, 9.17) is 0 Å². The van der Waals surface area contributed by atoms with Gasteiger partial charge >= 0.3 is 6.18 Å². The molecule has 2 aromatic heterocycles. The minimum absolute atomic E-state index is 0.0978. The topological polar surface area (TPSA) is 70.8 Å². The van der Waals surface area contributed by atoms with Gasteiger partial charge in [0.1, 0.15) is 5.82 Å². The number of nitrogens with zero attached hydrogens (tertiary/aromatic N) is 3. The molecule has 0 fully saturated rings.